The van der Waals surface area contributed by atoms with Gasteiger partial charge in [-0.15, -0.1) is 0 Å². The number of nitrogens with zero attached hydrogens (tertiary/aromatic N) is 4. The summed E-state index contributed by atoms with van der Waals surface area (Å²) in [6.45, 7) is 0.752. The van der Waals surface area contributed by atoms with Gasteiger partial charge in [0.1, 0.15) is 12.5 Å². The zero-order valence-corrected chi connectivity index (χ0v) is 14.5. The second-order valence-electron chi connectivity index (χ2n) is 6.54. The second-order valence-corrected chi connectivity index (χ2v) is 6.54. The van der Waals surface area contributed by atoms with Gasteiger partial charge >= 0.3 is 0 Å². The molecule has 0 aromatic carbocycles. The fourth-order valence-electron chi connectivity index (χ4n) is 3.39. The highest BCUT2D eigenvalue weighted by Gasteiger charge is 2.20. The molecule has 0 atom stereocenters. The van der Waals surface area contributed by atoms with E-state index in [2.05, 4.69) is 20.2 Å². The van der Waals surface area contributed by atoms with Crippen molar-refractivity contribution in [2.45, 2.75) is 51.6 Å². The molecule has 1 aliphatic carbocycles. The molecule has 3 aromatic heterocycles. The third-order valence-electron chi connectivity index (χ3n) is 4.74. The number of amides is 1. The van der Waals surface area contributed by atoms with Crippen molar-refractivity contribution >= 4 is 5.91 Å². The highest BCUT2D eigenvalue weighted by atomic mass is 16.3. The summed E-state index contributed by atoms with van der Waals surface area (Å²) < 4.78 is 10.0. The first-order valence-corrected chi connectivity index (χ1v) is 8.86. The lowest BCUT2D eigenvalue weighted by atomic mass is 9.94. The maximum atomic E-state index is 12.8. The monoisotopic (exact) mass is 355 g/mol. The van der Waals surface area contributed by atoms with Gasteiger partial charge < -0.3 is 13.7 Å². The fraction of sp³-hybridized carbons (Fsp3) is 0.444. The molecule has 1 aliphatic rings. The number of H-pyrrole nitrogens is 1. The molecular weight excluding hydrogens is 334 g/mol. The molecule has 0 fully saturated rings. The molecule has 8 heteroatoms. The van der Waals surface area contributed by atoms with Crippen molar-refractivity contribution in [3.63, 3.8) is 0 Å². The first-order valence-electron chi connectivity index (χ1n) is 8.86. The number of carbonyl (C=O) groups is 1. The number of nitrogens with one attached hydrogen (secondary N) is 1. The summed E-state index contributed by atoms with van der Waals surface area (Å²) >= 11 is 0. The van der Waals surface area contributed by atoms with E-state index in [1.807, 2.05) is 0 Å². The number of aryl methyl sites for hydroxylation is 2. The minimum absolute atomic E-state index is 0.0311. The van der Waals surface area contributed by atoms with Gasteiger partial charge in [-0.05, 0) is 31.2 Å². The maximum Gasteiger partial charge on any atom is 0.223 e. The molecule has 0 spiro atoms. The molecule has 0 radical (unpaired) electrons. The van der Waals surface area contributed by atoms with Crippen molar-refractivity contribution in [1.82, 2.24) is 25.1 Å². The summed E-state index contributed by atoms with van der Waals surface area (Å²) in [6, 6.07) is 0. The van der Waals surface area contributed by atoms with Crippen LogP contribution in [-0.4, -0.2) is 31.0 Å². The van der Waals surface area contributed by atoms with Gasteiger partial charge in [0.2, 0.25) is 5.91 Å². The van der Waals surface area contributed by atoms with Gasteiger partial charge in [-0.3, -0.25) is 9.89 Å². The Labute approximate surface area is 150 Å². The Morgan fingerprint density at radius 2 is 1.77 bits per heavy atom. The van der Waals surface area contributed by atoms with Gasteiger partial charge in [0.05, 0.1) is 30.2 Å². The van der Waals surface area contributed by atoms with Crippen molar-refractivity contribution in [3.05, 3.63) is 53.7 Å². The predicted molar refractivity (Wildman–Crippen MR) is 90.8 cm³/mol. The molecule has 1 amide bonds. The normalized spacial score (nSPS) is 13.5. The average Bonchev–Trinajstić information content (AvgIpc) is 3.41. The van der Waals surface area contributed by atoms with Gasteiger partial charge in [0.15, 0.2) is 12.8 Å². The van der Waals surface area contributed by atoms with E-state index >= 15 is 0 Å². The molecule has 3 heterocycles. The molecule has 0 saturated carbocycles. The van der Waals surface area contributed by atoms with Crippen LogP contribution in [0, 0.1) is 0 Å². The molecule has 0 saturated heterocycles. The number of hydrogen-bond donors (Lipinski definition) is 1. The number of aromatic nitrogens is 4. The van der Waals surface area contributed by atoms with Gasteiger partial charge in [-0.1, -0.05) is 0 Å². The molecule has 4 rings (SSSR count). The summed E-state index contributed by atoms with van der Waals surface area (Å²) in [6.07, 6.45) is 11.4. The quantitative estimate of drug-likeness (QED) is 0.698. The molecular formula is C18H21N5O3. The summed E-state index contributed by atoms with van der Waals surface area (Å²) in [5.41, 5.74) is 4.98. The predicted octanol–water partition coefficient (Wildman–Crippen LogP) is 2.43. The van der Waals surface area contributed by atoms with Crippen LogP contribution in [0.15, 0.2) is 34.1 Å². The fourth-order valence-corrected chi connectivity index (χ4v) is 3.39. The molecule has 3 aromatic rings. The Balaban J connectivity index is 1.42. The summed E-state index contributed by atoms with van der Waals surface area (Å²) in [4.78, 5) is 22.8. The number of rotatable bonds is 7. The highest BCUT2D eigenvalue weighted by molar-refractivity contribution is 5.76. The van der Waals surface area contributed by atoms with Crippen LogP contribution in [0.3, 0.4) is 0 Å². The lowest BCUT2D eigenvalue weighted by Crippen LogP contribution is -2.30. The summed E-state index contributed by atoms with van der Waals surface area (Å²) in [7, 11) is 0. The van der Waals surface area contributed by atoms with Crippen LogP contribution in [0.5, 0.6) is 0 Å². The Morgan fingerprint density at radius 3 is 2.42 bits per heavy atom. The number of hydrogen-bond acceptors (Lipinski definition) is 6. The van der Waals surface area contributed by atoms with Crippen LogP contribution in [0.2, 0.25) is 0 Å². The second kappa shape index (κ2) is 7.55. The third-order valence-corrected chi connectivity index (χ3v) is 4.74. The zero-order chi connectivity index (χ0) is 17.8. The van der Waals surface area contributed by atoms with Crippen LogP contribution < -0.4 is 0 Å². The van der Waals surface area contributed by atoms with Crippen molar-refractivity contribution in [3.8, 4) is 0 Å². The molecule has 1 N–H and O–H groups in total. The Morgan fingerprint density at radius 1 is 1.08 bits per heavy atom. The molecule has 26 heavy (non-hydrogen) atoms. The van der Waals surface area contributed by atoms with Crippen molar-refractivity contribution in [1.29, 1.82) is 0 Å². The lowest BCUT2D eigenvalue weighted by Gasteiger charge is -2.20. The van der Waals surface area contributed by atoms with Gasteiger partial charge in [-0.2, -0.15) is 5.10 Å². The SMILES string of the molecule is O=C(CCc1n[nH]c2c1CCCC2)N(Cc1cocn1)Cc1cocn1. The lowest BCUT2D eigenvalue weighted by molar-refractivity contribution is -0.132. The standard InChI is InChI=1S/C18H21N5O3/c24-18(6-5-17-15-3-1-2-4-16(15)21-22-17)23(7-13-9-25-11-19-13)8-14-10-26-12-20-14/h9-12H,1-8H2,(H,21,22). The molecule has 0 aliphatic heterocycles. The first-order chi connectivity index (χ1) is 12.8. The molecule has 0 unspecified atom stereocenters. The van der Waals surface area contributed by atoms with Crippen LogP contribution in [0.1, 0.15) is 47.6 Å². The van der Waals surface area contributed by atoms with E-state index in [4.69, 9.17) is 8.83 Å². The topological polar surface area (TPSA) is 101 Å². The minimum Gasteiger partial charge on any atom is -0.451 e. The number of fused-ring (bicyclic) bond motifs is 1. The van der Waals surface area contributed by atoms with Gasteiger partial charge in [0.25, 0.3) is 0 Å². The number of oxazole rings is 2. The van der Waals surface area contributed by atoms with Crippen LogP contribution in [0.4, 0.5) is 0 Å². The smallest absolute Gasteiger partial charge is 0.223 e. The number of carbonyl (C=O) groups excluding carboxylic acids is 1. The average molecular weight is 355 g/mol. The van der Waals surface area contributed by atoms with E-state index < -0.39 is 0 Å². The molecule has 0 bridgehead atoms. The Hall–Kier alpha value is -2.90. The number of aromatic amines is 1. The van der Waals surface area contributed by atoms with Gasteiger partial charge in [-0.25, -0.2) is 9.97 Å². The maximum absolute atomic E-state index is 12.8. The van der Waals surface area contributed by atoms with E-state index in [0.717, 1.165) is 18.5 Å². The van der Waals surface area contributed by atoms with Crippen molar-refractivity contribution in [2.24, 2.45) is 0 Å². The van der Waals surface area contributed by atoms with Crippen LogP contribution >= 0.6 is 0 Å². The Kier molecular flexibility index (Phi) is 4.81. The third kappa shape index (κ3) is 3.68. The van der Waals surface area contributed by atoms with Crippen molar-refractivity contribution in [2.75, 3.05) is 0 Å². The minimum atomic E-state index is 0.0311. The van der Waals surface area contributed by atoms with E-state index in [1.165, 1.54) is 36.9 Å². The van der Waals surface area contributed by atoms with E-state index in [9.17, 15) is 4.79 Å². The van der Waals surface area contributed by atoms with Crippen LogP contribution in [-0.2, 0) is 37.1 Å². The molecule has 8 nitrogen and oxygen atoms in total. The van der Waals surface area contributed by atoms with Crippen LogP contribution in [0.25, 0.3) is 0 Å². The highest BCUT2D eigenvalue weighted by Crippen LogP contribution is 2.23. The Bertz CT molecular complexity index is 802. The van der Waals surface area contributed by atoms with Crippen molar-refractivity contribution < 1.29 is 13.6 Å². The van der Waals surface area contributed by atoms with Gasteiger partial charge in [0, 0.05) is 18.5 Å². The zero-order valence-electron chi connectivity index (χ0n) is 14.5. The van der Waals surface area contributed by atoms with E-state index in [-0.39, 0.29) is 5.91 Å². The summed E-state index contributed by atoms with van der Waals surface area (Å²) in [5, 5.41) is 7.56. The van der Waals surface area contributed by atoms with E-state index in [0.29, 0.717) is 37.3 Å². The first kappa shape index (κ1) is 16.6. The largest absolute Gasteiger partial charge is 0.451 e. The summed E-state index contributed by atoms with van der Waals surface area (Å²) in [5.74, 6) is 0.0311. The van der Waals surface area contributed by atoms with E-state index in [1.54, 1.807) is 17.4 Å². The molecule has 136 valence electrons.